The molecule has 0 aliphatic rings. The van der Waals surface area contributed by atoms with Gasteiger partial charge in [0.2, 0.25) is 0 Å². The van der Waals surface area contributed by atoms with E-state index in [1.165, 1.54) is 24.3 Å². The van der Waals surface area contributed by atoms with Gasteiger partial charge in [-0.05, 0) is 30.3 Å². The summed E-state index contributed by atoms with van der Waals surface area (Å²) >= 11 is 23.3. The third-order valence-corrected chi connectivity index (χ3v) is 3.52. The van der Waals surface area contributed by atoms with Gasteiger partial charge in [0.25, 0.3) is 0 Å². The van der Waals surface area contributed by atoms with Crippen molar-refractivity contribution in [3.63, 3.8) is 0 Å². The maximum Gasteiger partial charge on any atom is 0.196 e. The van der Waals surface area contributed by atoms with Crippen LogP contribution in [-0.4, -0.2) is 5.78 Å². The van der Waals surface area contributed by atoms with Crippen molar-refractivity contribution >= 4 is 52.2 Å². The molecule has 0 N–H and O–H groups in total. The van der Waals surface area contributed by atoms with Gasteiger partial charge in [0.1, 0.15) is 5.82 Å². The van der Waals surface area contributed by atoms with E-state index in [0.29, 0.717) is 5.02 Å². The molecular weight excluding hydrogens is 333 g/mol. The Morgan fingerprint density at radius 2 is 1.47 bits per heavy atom. The molecule has 0 aliphatic carbocycles. The van der Waals surface area contributed by atoms with Crippen molar-refractivity contribution in [3.8, 4) is 0 Å². The SMILES string of the molecule is O=C(c1ccc(F)c(Cl)c1)c1c(Cl)cc(Cl)cc1Cl. The van der Waals surface area contributed by atoms with E-state index >= 15 is 0 Å². The minimum atomic E-state index is -0.605. The van der Waals surface area contributed by atoms with Crippen LogP contribution in [0.25, 0.3) is 0 Å². The molecule has 0 radical (unpaired) electrons. The number of carbonyl (C=O) groups is 1. The lowest BCUT2D eigenvalue weighted by Gasteiger charge is -2.07. The maximum atomic E-state index is 13.1. The highest BCUT2D eigenvalue weighted by Crippen LogP contribution is 2.31. The Morgan fingerprint density at radius 1 is 0.895 bits per heavy atom. The normalized spacial score (nSPS) is 10.6. The molecule has 0 bridgehead atoms. The van der Waals surface area contributed by atoms with Crippen LogP contribution in [0.1, 0.15) is 15.9 Å². The van der Waals surface area contributed by atoms with Crippen molar-refractivity contribution in [2.24, 2.45) is 0 Å². The topological polar surface area (TPSA) is 17.1 Å². The Bertz CT molecular complexity index is 647. The van der Waals surface area contributed by atoms with Gasteiger partial charge in [-0.25, -0.2) is 4.39 Å². The molecular formula is C13H5Cl4FO. The fraction of sp³-hybridized carbons (Fsp3) is 0. The van der Waals surface area contributed by atoms with Crippen LogP contribution in [0.15, 0.2) is 30.3 Å². The van der Waals surface area contributed by atoms with Crippen LogP contribution in [0.3, 0.4) is 0 Å². The van der Waals surface area contributed by atoms with Crippen molar-refractivity contribution in [2.75, 3.05) is 0 Å². The summed E-state index contributed by atoms with van der Waals surface area (Å²) in [7, 11) is 0. The minimum absolute atomic E-state index is 0.107. The summed E-state index contributed by atoms with van der Waals surface area (Å²) in [4.78, 5) is 12.3. The van der Waals surface area contributed by atoms with Crippen LogP contribution in [0, 0.1) is 5.82 Å². The molecule has 19 heavy (non-hydrogen) atoms. The maximum absolute atomic E-state index is 13.1. The molecule has 6 heteroatoms. The first-order valence-electron chi connectivity index (χ1n) is 5.04. The highest BCUT2D eigenvalue weighted by molar-refractivity contribution is 6.43. The smallest absolute Gasteiger partial charge is 0.196 e. The minimum Gasteiger partial charge on any atom is -0.288 e. The van der Waals surface area contributed by atoms with Crippen LogP contribution < -0.4 is 0 Å². The molecule has 0 aliphatic heterocycles. The highest BCUT2D eigenvalue weighted by atomic mass is 35.5. The molecule has 0 atom stereocenters. The highest BCUT2D eigenvalue weighted by Gasteiger charge is 2.18. The fourth-order valence-corrected chi connectivity index (χ4v) is 2.71. The van der Waals surface area contributed by atoms with E-state index in [4.69, 9.17) is 46.4 Å². The largest absolute Gasteiger partial charge is 0.288 e. The summed E-state index contributed by atoms with van der Waals surface area (Å²) in [6.45, 7) is 0. The zero-order valence-corrected chi connectivity index (χ0v) is 12.2. The van der Waals surface area contributed by atoms with Gasteiger partial charge in [-0.15, -0.1) is 0 Å². The molecule has 0 heterocycles. The molecule has 0 unspecified atom stereocenters. The Hall–Kier alpha value is -0.800. The van der Waals surface area contributed by atoms with Crippen molar-refractivity contribution < 1.29 is 9.18 Å². The van der Waals surface area contributed by atoms with Gasteiger partial charge < -0.3 is 0 Å². The number of hydrogen-bond donors (Lipinski definition) is 0. The third kappa shape index (κ3) is 3.03. The number of halogens is 5. The van der Waals surface area contributed by atoms with Crippen LogP contribution in [0.5, 0.6) is 0 Å². The lowest BCUT2D eigenvalue weighted by atomic mass is 10.0. The van der Waals surface area contributed by atoms with Gasteiger partial charge in [-0.3, -0.25) is 4.79 Å². The number of carbonyl (C=O) groups excluding carboxylic acids is 1. The zero-order valence-electron chi connectivity index (χ0n) is 9.18. The van der Waals surface area contributed by atoms with Gasteiger partial charge >= 0.3 is 0 Å². The molecule has 0 saturated heterocycles. The summed E-state index contributed by atoms with van der Waals surface area (Å²) in [6.07, 6.45) is 0. The molecule has 1 nitrogen and oxygen atoms in total. The Labute approximate surface area is 128 Å². The van der Waals surface area contributed by atoms with E-state index in [2.05, 4.69) is 0 Å². The molecule has 0 amide bonds. The number of hydrogen-bond acceptors (Lipinski definition) is 1. The third-order valence-electron chi connectivity index (χ3n) is 2.42. The second kappa shape index (κ2) is 5.68. The second-order valence-electron chi connectivity index (χ2n) is 3.70. The van der Waals surface area contributed by atoms with Gasteiger partial charge in [0.15, 0.2) is 5.78 Å². The predicted molar refractivity (Wildman–Crippen MR) is 76.3 cm³/mol. The summed E-state index contributed by atoms with van der Waals surface area (Å²) in [6, 6.07) is 6.46. The summed E-state index contributed by atoms with van der Waals surface area (Å²) in [5.41, 5.74) is 0.299. The van der Waals surface area contributed by atoms with E-state index in [9.17, 15) is 9.18 Å². The molecule has 0 aromatic heterocycles. The first kappa shape index (κ1) is 14.6. The first-order valence-corrected chi connectivity index (χ1v) is 6.55. The lowest BCUT2D eigenvalue weighted by Crippen LogP contribution is -2.03. The van der Waals surface area contributed by atoms with Gasteiger partial charge in [-0.2, -0.15) is 0 Å². The van der Waals surface area contributed by atoms with Crippen LogP contribution in [0.2, 0.25) is 20.1 Å². The van der Waals surface area contributed by atoms with Crippen molar-refractivity contribution in [1.82, 2.24) is 0 Å². The molecule has 2 aromatic carbocycles. The summed E-state index contributed by atoms with van der Waals surface area (Å²) in [5, 5.41) is 0.432. The molecule has 2 aromatic rings. The van der Waals surface area contributed by atoms with Crippen molar-refractivity contribution in [1.29, 1.82) is 0 Å². The fourth-order valence-electron chi connectivity index (χ4n) is 1.54. The van der Waals surface area contributed by atoms with E-state index in [1.54, 1.807) is 0 Å². The summed E-state index contributed by atoms with van der Waals surface area (Å²) < 4.78 is 13.1. The van der Waals surface area contributed by atoms with Gasteiger partial charge in [0, 0.05) is 10.6 Å². The standard InChI is InChI=1S/C13H5Cl4FO/c14-7-4-9(16)12(10(17)5-7)13(19)6-1-2-11(18)8(15)3-6/h1-5H. The average Bonchev–Trinajstić information content (AvgIpc) is 2.31. The van der Waals surface area contributed by atoms with E-state index in [1.807, 2.05) is 0 Å². The Balaban J connectivity index is 2.53. The Morgan fingerprint density at radius 3 is 2.00 bits per heavy atom. The van der Waals surface area contributed by atoms with Gasteiger partial charge in [0.05, 0.1) is 20.6 Å². The van der Waals surface area contributed by atoms with E-state index < -0.39 is 11.6 Å². The zero-order chi connectivity index (χ0) is 14.2. The van der Waals surface area contributed by atoms with Crippen LogP contribution in [-0.2, 0) is 0 Å². The predicted octanol–water partition coefficient (Wildman–Crippen LogP) is 5.67. The van der Waals surface area contributed by atoms with E-state index in [-0.39, 0.29) is 26.2 Å². The van der Waals surface area contributed by atoms with Crippen molar-refractivity contribution in [2.45, 2.75) is 0 Å². The molecule has 2 rings (SSSR count). The Kier molecular flexibility index (Phi) is 4.36. The number of benzene rings is 2. The summed E-state index contributed by atoms with van der Waals surface area (Å²) in [5.74, 6) is -1.06. The number of rotatable bonds is 2. The molecule has 0 fully saturated rings. The van der Waals surface area contributed by atoms with Crippen LogP contribution >= 0.6 is 46.4 Å². The molecule has 0 spiro atoms. The average molecular weight is 338 g/mol. The lowest BCUT2D eigenvalue weighted by molar-refractivity contribution is 0.103. The second-order valence-corrected chi connectivity index (χ2v) is 5.36. The van der Waals surface area contributed by atoms with Crippen molar-refractivity contribution in [3.05, 3.63) is 67.4 Å². The monoisotopic (exact) mass is 336 g/mol. The van der Waals surface area contributed by atoms with E-state index in [0.717, 1.165) is 6.07 Å². The van der Waals surface area contributed by atoms with Crippen LogP contribution in [0.4, 0.5) is 4.39 Å². The quantitative estimate of drug-likeness (QED) is 0.645. The first-order chi connectivity index (χ1) is 8.90. The number of ketones is 1. The molecule has 98 valence electrons. The molecule has 0 saturated carbocycles. The van der Waals surface area contributed by atoms with Gasteiger partial charge in [-0.1, -0.05) is 46.4 Å².